The van der Waals surface area contributed by atoms with E-state index in [1.165, 1.54) is 18.7 Å². The SMILES string of the molecule is CCC(C)C(N)C(=O)NC(CCSC)C(=O)NC(C(=O)NC(C(=O)O)C(C)O)C(C)CC. The van der Waals surface area contributed by atoms with Crippen molar-refractivity contribution >= 4 is 35.5 Å². The molecule has 0 aromatic rings. The van der Waals surface area contributed by atoms with Crippen LogP contribution in [0, 0.1) is 11.8 Å². The number of amides is 3. The Balaban J connectivity index is 5.54. The second-order valence-corrected chi connectivity index (χ2v) is 9.18. The van der Waals surface area contributed by atoms with Crippen LogP contribution < -0.4 is 21.7 Å². The molecule has 0 aromatic carbocycles. The molecule has 0 radical (unpaired) electrons. The molecule has 7 atom stereocenters. The lowest BCUT2D eigenvalue weighted by Gasteiger charge is -2.29. The molecule has 0 saturated carbocycles. The first-order chi connectivity index (χ1) is 14.9. The van der Waals surface area contributed by atoms with Crippen LogP contribution in [0.5, 0.6) is 0 Å². The predicted molar refractivity (Wildman–Crippen MR) is 125 cm³/mol. The molecule has 0 aromatic heterocycles. The topological polar surface area (TPSA) is 171 Å². The highest BCUT2D eigenvalue weighted by Crippen LogP contribution is 2.11. The Kier molecular flexibility index (Phi) is 14.2. The number of carboxylic acid groups (broad SMARTS) is 1. The van der Waals surface area contributed by atoms with E-state index in [1.54, 1.807) is 6.92 Å². The van der Waals surface area contributed by atoms with Crippen LogP contribution in [0.3, 0.4) is 0 Å². The molecular formula is C21H40N4O6S. The van der Waals surface area contributed by atoms with Gasteiger partial charge < -0.3 is 31.9 Å². The van der Waals surface area contributed by atoms with Gasteiger partial charge in [0.1, 0.15) is 12.1 Å². The number of carbonyl (C=O) groups excluding carboxylic acids is 3. The average molecular weight is 477 g/mol. The molecule has 186 valence electrons. The second-order valence-electron chi connectivity index (χ2n) is 8.19. The molecule has 0 rings (SSSR count). The van der Waals surface area contributed by atoms with Gasteiger partial charge in [0.25, 0.3) is 0 Å². The number of aliphatic hydroxyl groups excluding tert-OH is 1. The van der Waals surface area contributed by atoms with Crippen molar-refractivity contribution in [2.75, 3.05) is 12.0 Å². The number of nitrogens with one attached hydrogen (secondary N) is 3. The van der Waals surface area contributed by atoms with E-state index < -0.39 is 54.0 Å². The van der Waals surface area contributed by atoms with E-state index in [0.29, 0.717) is 25.0 Å². The normalized spacial score (nSPS) is 17.8. The zero-order chi connectivity index (χ0) is 25.0. The van der Waals surface area contributed by atoms with E-state index in [1.807, 2.05) is 27.0 Å². The van der Waals surface area contributed by atoms with Crippen molar-refractivity contribution in [3.63, 3.8) is 0 Å². The third-order valence-corrected chi connectivity index (χ3v) is 6.29. The van der Waals surface area contributed by atoms with E-state index >= 15 is 0 Å². The fraction of sp³-hybridized carbons (Fsp3) is 0.810. The minimum atomic E-state index is -1.51. The van der Waals surface area contributed by atoms with Crippen molar-refractivity contribution in [2.45, 2.75) is 84.2 Å². The van der Waals surface area contributed by atoms with Gasteiger partial charge in [-0.2, -0.15) is 11.8 Å². The summed E-state index contributed by atoms with van der Waals surface area (Å²) >= 11 is 1.51. The molecule has 32 heavy (non-hydrogen) atoms. The molecule has 3 amide bonds. The smallest absolute Gasteiger partial charge is 0.328 e. The van der Waals surface area contributed by atoms with Crippen LogP contribution in [0.1, 0.15) is 53.9 Å². The van der Waals surface area contributed by atoms with E-state index in [9.17, 15) is 29.4 Å². The zero-order valence-electron chi connectivity index (χ0n) is 19.9. The molecule has 7 unspecified atom stereocenters. The van der Waals surface area contributed by atoms with Gasteiger partial charge in [-0.3, -0.25) is 14.4 Å². The van der Waals surface area contributed by atoms with Gasteiger partial charge in [-0.1, -0.05) is 40.5 Å². The number of aliphatic carboxylic acids is 1. The molecule has 11 heteroatoms. The fourth-order valence-corrected chi connectivity index (χ4v) is 3.34. The number of nitrogens with two attached hydrogens (primary N) is 1. The Morgan fingerprint density at radius 3 is 1.84 bits per heavy atom. The molecule has 10 nitrogen and oxygen atoms in total. The number of rotatable bonds is 15. The lowest BCUT2D eigenvalue weighted by atomic mass is 9.96. The number of hydrogen-bond donors (Lipinski definition) is 6. The molecule has 0 bridgehead atoms. The van der Waals surface area contributed by atoms with Gasteiger partial charge in [0.15, 0.2) is 6.04 Å². The number of aliphatic hydroxyl groups is 1. The summed E-state index contributed by atoms with van der Waals surface area (Å²) in [4.78, 5) is 49.7. The van der Waals surface area contributed by atoms with Crippen LogP contribution in [-0.4, -0.2) is 76.2 Å². The summed E-state index contributed by atoms with van der Waals surface area (Å²) < 4.78 is 0. The molecule has 0 saturated heterocycles. The maximum absolute atomic E-state index is 13.0. The van der Waals surface area contributed by atoms with E-state index in [4.69, 9.17) is 5.73 Å². The Bertz CT molecular complexity index is 633. The van der Waals surface area contributed by atoms with Gasteiger partial charge in [-0.05, 0) is 37.2 Å². The van der Waals surface area contributed by atoms with Gasteiger partial charge in [-0.15, -0.1) is 0 Å². The lowest BCUT2D eigenvalue weighted by Crippen LogP contribution is -2.60. The van der Waals surface area contributed by atoms with Crippen molar-refractivity contribution in [2.24, 2.45) is 17.6 Å². The summed E-state index contributed by atoms with van der Waals surface area (Å²) in [7, 11) is 0. The largest absolute Gasteiger partial charge is 0.480 e. The van der Waals surface area contributed by atoms with Crippen molar-refractivity contribution in [1.29, 1.82) is 0 Å². The zero-order valence-corrected chi connectivity index (χ0v) is 20.7. The molecule has 0 aliphatic heterocycles. The van der Waals surface area contributed by atoms with Gasteiger partial charge >= 0.3 is 5.97 Å². The van der Waals surface area contributed by atoms with E-state index in [-0.39, 0.29) is 11.8 Å². The highest BCUT2D eigenvalue weighted by atomic mass is 32.2. The molecule has 0 heterocycles. The van der Waals surface area contributed by atoms with E-state index in [2.05, 4.69) is 16.0 Å². The molecule has 0 aliphatic rings. The van der Waals surface area contributed by atoms with Gasteiger partial charge in [0, 0.05) is 0 Å². The first kappa shape index (κ1) is 30.1. The number of hydrogen-bond acceptors (Lipinski definition) is 7. The number of carbonyl (C=O) groups is 4. The summed E-state index contributed by atoms with van der Waals surface area (Å²) in [5.41, 5.74) is 5.99. The minimum Gasteiger partial charge on any atom is -0.480 e. The Labute approximate surface area is 194 Å². The van der Waals surface area contributed by atoms with Crippen LogP contribution in [0.2, 0.25) is 0 Å². The number of thioether (sulfide) groups is 1. The van der Waals surface area contributed by atoms with Gasteiger partial charge in [0.05, 0.1) is 12.1 Å². The maximum atomic E-state index is 13.0. The molecular weight excluding hydrogens is 436 g/mol. The minimum absolute atomic E-state index is 0.0636. The van der Waals surface area contributed by atoms with Crippen LogP contribution in [0.4, 0.5) is 0 Å². The van der Waals surface area contributed by atoms with Crippen molar-refractivity contribution in [3.8, 4) is 0 Å². The van der Waals surface area contributed by atoms with Crippen molar-refractivity contribution in [3.05, 3.63) is 0 Å². The Morgan fingerprint density at radius 1 is 0.875 bits per heavy atom. The third kappa shape index (κ3) is 9.74. The highest BCUT2D eigenvalue weighted by Gasteiger charge is 2.34. The molecule has 0 spiro atoms. The van der Waals surface area contributed by atoms with Crippen LogP contribution in [0.15, 0.2) is 0 Å². The quantitative estimate of drug-likeness (QED) is 0.193. The molecule has 0 aliphatic carbocycles. The van der Waals surface area contributed by atoms with Crippen molar-refractivity contribution < 1.29 is 29.4 Å². The van der Waals surface area contributed by atoms with Crippen LogP contribution >= 0.6 is 11.8 Å². The van der Waals surface area contributed by atoms with E-state index in [0.717, 1.165) is 0 Å². The summed E-state index contributed by atoms with van der Waals surface area (Å²) in [6.07, 6.45) is 2.14. The average Bonchev–Trinajstić information content (AvgIpc) is 2.75. The first-order valence-corrected chi connectivity index (χ1v) is 12.4. The standard InChI is InChI=1S/C21H40N4O6S/c1-7-11(3)15(22)19(28)23-14(9-10-32-6)18(27)24-16(12(4)8-2)20(29)25-17(13(5)26)21(30)31/h11-17,26H,7-10,22H2,1-6H3,(H,23,28)(H,24,27)(H,25,29)(H,30,31). The summed E-state index contributed by atoms with van der Waals surface area (Å²) in [6, 6.07) is -4.20. The Hall–Kier alpha value is -1.85. The van der Waals surface area contributed by atoms with Crippen molar-refractivity contribution in [1.82, 2.24) is 16.0 Å². The van der Waals surface area contributed by atoms with Crippen LogP contribution in [0.25, 0.3) is 0 Å². The van der Waals surface area contributed by atoms with Crippen LogP contribution in [-0.2, 0) is 19.2 Å². The first-order valence-electron chi connectivity index (χ1n) is 11.0. The summed E-state index contributed by atoms with van der Waals surface area (Å²) in [6.45, 7) is 8.61. The summed E-state index contributed by atoms with van der Waals surface area (Å²) in [5, 5.41) is 26.5. The Morgan fingerprint density at radius 2 is 1.41 bits per heavy atom. The maximum Gasteiger partial charge on any atom is 0.328 e. The molecule has 7 N–H and O–H groups in total. The summed E-state index contributed by atoms with van der Waals surface area (Å²) in [5.74, 6) is -2.87. The highest BCUT2D eigenvalue weighted by molar-refractivity contribution is 7.98. The van der Waals surface area contributed by atoms with Gasteiger partial charge in [0.2, 0.25) is 17.7 Å². The molecule has 0 fully saturated rings. The fourth-order valence-electron chi connectivity index (χ4n) is 2.87. The monoisotopic (exact) mass is 476 g/mol. The van der Waals surface area contributed by atoms with Gasteiger partial charge in [-0.25, -0.2) is 4.79 Å². The predicted octanol–water partition coefficient (Wildman–Crippen LogP) is 0.0788. The second kappa shape index (κ2) is 15.1. The lowest BCUT2D eigenvalue weighted by molar-refractivity contribution is -0.145. The number of carboxylic acids is 1. The third-order valence-electron chi connectivity index (χ3n) is 5.64.